The lowest BCUT2D eigenvalue weighted by Crippen LogP contribution is -2.53. The highest BCUT2D eigenvalue weighted by Crippen LogP contribution is 2.16. The van der Waals surface area contributed by atoms with Crippen molar-refractivity contribution in [3.05, 3.63) is 35.4 Å². The van der Waals surface area contributed by atoms with Gasteiger partial charge in [-0.15, -0.1) is 0 Å². The van der Waals surface area contributed by atoms with Crippen molar-refractivity contribution in [2.24, 2.45) is 5.92 Å². The van der Waals surface area contributed by atoms with E-state index >= 15 is 0 Å². The van der Waals surface area contributed by atoms with E-state index in [9.17, 15) is 9.59 Å². The summed E-state index contributed by atoms with van der Waals surface area (Å²) in [4.78, 5) is 23.3. The number of nitrogens with one attached hydrogen (secondary N) is 2. The molecule has 1 aliphatic heterocycles. The highest BCUT2D eigenvalue weighted by molar-refractivity contribution is 5.87. The van der Waals surface area contributed by atoms with Gasteiger partial charge in [0, 0.05) is 6.54 Å². The van der Waals surface area contributed by atoms with Crippen LogP contribution >= 0.6 is 0 Å². The van der Waals surface area contributed by atoms with E-state index in [2.05, 4.69) is 10.6 Å². The summed E-state index contributed by atoms with van der Waals surface area (Å²) < 4.78 is 0. The summed E-state index contributed by atoms with van der Waals surface area (Å²) in [5, 5.41) is 14.9. The van der Waals surface area contributed by atoms with Crippen LogP contribution in [0.2, 0.25) is 0 Å². The molecule has 0 radical (unpaired) electrons. The van der Waals surface area contributed by atoms with Crippen molar-refractivity contribution in [1.82, 2.24) is 10.6 Å². The van der Waals surface area contributed by atoms with Gasteiger partial charge in [-0.05, 0) is 23.5 Å². The second-order valence-corrected chi connectivity index (χ2v) is 5.47. The molecule has 20 heavy (non-hydrogen) atoms. The first-order valence-corrected chi connectivity index (χ1v) is 6.82. The third-order valence-electron chi connectivity index (χ3n) is 3.63. The number of aliphatic carboxylic acids is 1. The van der Waals surface area contributed by atoms with Crippen LogP contribution in [-0.4, -0.2) is 29.1 Å². The number of hydrogen-bond donors (Lipinski definition) is 3. The molecule has 0 fully saturated rings. The number of hydrogen-bond acceptors (Lipinski definition) is 3. The highest BCUT2D eigenvalue weighted by atomic mass is 16.4. The van der Waals surface area contributed by atoms with Crippen LogP contribution in [-0.2, 0) is 22.6 Å². The molecule has 0 aromatic heterocycles. The molecule has 0 spiro atoms. The van der Waals surface area contributed by atoms with Crippen LogP contribution in [0.5, 0.6) is 0 Å². The van der Waals surface area contributed by atoms with E-state index in [4.69, 9.17) is 5.11 Å². The molecule has 0 saturated carbocycles. The van der Waals surface area contributed by atoms with Gasteiger partial charge in [0.05, 0.1) is 6.04 Å². The lowest BCUT2D eigenvalue weighted by Gasteiger charge is -2.27. The Morgan fingerprint density at radius 1 is 1.30 bits per heavy atom. The van der Waals surface area contributed by atoms with Crippen molar-refractivity contribution in [2.75, 3.05) is 0 Å². The summed E-state index contributed by atoms with van der Waals surface area (Å²) in [5.74, 6) is -1.39. The first-order chi connectivity index (χ1) is 9.49. The second kappa shape index (κ2) is 6.05. The SMILES string of the molecule is CC(C)[C@H](NC(=O)C1Cc2ccccc2CN1)C(=O)O. The van der Waals surface area contributed by atoms with Crippen LogP contribution in [0.25, 0.3) is 0 Å². The Morgan fingerprint density at radius 3 is 2.55 bits per heavy atom. The number of carbonyl (C=O) groups is 2. The van der Waals surface area contributed by atoms with E-state index in [1.54, 1.807) is 13.8 Å². The maximum Gasteiger partial charge on any atom is 0.326 e. The van der Waals surface area contributed by atoms with E-state index in [0.29, 0.717) is 13.0 Å². The predicted octanol–water partition coefficient (Wildman–Crippen LogP) is 0.926. The molecule has 5 nitrogen and oxygen atoms in total. The third-order valence-corrected chi connectivity index (χ3v) is 3.63. The average Bonchev–Trinajstić information content (AvgIpc) is 2.43. The van der Waals surface area contributed by atoms with Crippen LogP contribution in [0.15, 0.2) is 24.3 Å². The van der Waals surface area contributed by atoms with Gasteiger partial charge in [-0.1, -0.05) is 38.1 Å². The van der Waals surface area contributed by atoms with Crippen LogP contribution in [0.1, 0.15) is 25.0 Å². The Kier molecular flexibility index (Phi) is 4.39. The van der Waals surface area contributed by atoms with Gasteiger partial charge in [-0.2, -0.15) is 0 Å². The van der Waals surface area contributed by atoms with E-state index in [0.717, 1.165) is 5.56 Å². The first kappa shape index (κ1) is 14.5. The fourth-order valence-corrected chi connectivity index (χ4v) is 2.41. The molecule has 1 aromatic carbocycles. The number of carboxylic acid groups (broad SMARTS) is 1. The zero-order valence-electron chi connectivity index (χ0n) is 11.7. The summed E-state index contributed by atoms with van der Waals surface area (Å²) in [6, 6.07) is 6.75. The van der Waals surface area contributed by atoms with E-state index in [1.165, 1.54) is 5.56 Å². The molecular formula is C15H20N2O3. The van der Waals surface area contributed by atoms with Gasteiger partial charge in [0.2, 0.25) is 5.91 Å². The molecule has 1 unspecified atom stereocenters. The van der Waals surface area contributed by atoms with Crippen molar-refractivity contribution in [2.45, 2.75) is 38.9 Å². The molecule has 108 valence electrons. The number of carbonyl (C=O) groups excluding carboxylic acids is 1. The van der Waals surface area contributed by atoms with Crippen LogP contribution in [0, 0.1) is 5.92 Å². The van der Waals surface area contributed by atoms with E-state index in [-0.39, 0.29) is 17.9 Å². The lowest BCUT2D eigenvalue weighted by atomic mass is 9.95. The molecule has 5 heteroatoms. The Balaban J connectivity index is 2.03. The van der Waals surface area contributed by atoms with Gasteiger partial charge < -0.3 is 15.7 Å². The minimum absolute atomic E-state index is 0.146. The number of carboxylic acids is 1. The molecule has 0 saturated heterocycles. The van der Waals surface area contributed by atoms with Crippen molar-refractivity contribution < 1.29 is 14.7 Å². The van der Waals surface area contributed by atoms with Crippen LogP contribution in [0.4, 0.5) is 0 Å². The standard InChI is InChI=1S/C15H20N2O3/c1-9(2)13(15(19)20)17-14(18)12-7-10-5-3-4-6-11(10)8-16-12/h3-6,9,12-13,16H,7-8H2,1-2H3,(H,17,18)(H,19,20)/t12?,13-/m0/s1. The zero-order valence-corrected chi connectivity index (χ0v) is 11.7. The molecule has 1 aromatic rings. The van der Waals surface area contributed by atoms with Gasteiger partial charge in [-0.25, -0.2) is 4.79 Å². The largest absolute Gasteiger partial charge is 0.480 e. The number of rotatable bonds is 4. The molecular weight excluding hydrogens is 256 g/mol. The quantitative estimate of drug-likeness (QED) is 0.764. The van der Waals surface area contributed by atoms with Crippen LogP contribution in [0.3, 0.4) is 0 Å². The molecule has 2 rings (SSSR count). The van der Waals surface area contributed by atoms with Gasteiger partial charge in [0.15, 0.2) is 0 Å². The molecule has 0 bridgehead atoms. The normalized spacial score (nSPS) is 19.2. The topological polar surface area (TPSA) is 78.4 Å². The lowest BCUT2D eigenvalue weighted by molar-refractivity contribution is -0.143. The monoisotopic (exact) mass is 276 g/mol. The van der Waals surface area contributed by atoms with Gasteiger partial charge in [0.1, 0.15) is 6.04 Å². The Labute approximate surface area is 118 Å². The van der Waals surface area contributed by atoms with E-state index in [1.807, 2.05) is 24.3 Å². The van der Waals surface area contributed by atoms with Gasteiger partial charge in [0.25, 0.3) is 0 Å². The first-order valence-electron chi connectivity index (χ1n) is 6.82. The molecule has 0 aliphatic carbocycles. The third kappa shape index (κ3) is 3.17. The molecule has 2 atom stereocenters. The minimum Gasteiger partial charge on any atom is -0.480 e. The van der Waals surface area contributed by atoms with Crippen LogP contribution < -0.4 is 10.6 Å². The smallest absolute Gasteiger partial charge is 0.326 e. The van der Waals surface area contributed by atoms with Gasteiger partial charge >= 0.3 is 5.97 Å². The second-order valence-electron chi connectivity index (χ2n) is 5.47. The maximum absolute atomic E-state index is 12.2. The number of amides is 1. The van der Waals surface area contributed by atoms with Crippen molar-refractivity contribution in [3.8, 4) is 0 Å². The molecule has 1 amide bonds. The fourth-order valence-electron chi connectivity index (χ4n) is 2.41. The van der Waals surface area contributed by atoms with Gasteiger partial charge in [-0.3, -0.25) is 4.79 Å². The van der Waals surface area contributed by atoms with Crippen molar-refractivity contribution >= 4 is 11.9 Å². The van der Waals surface area contributed by atoms with Crippen molar-refractivity contribution in [3.63, 3.8) is 0 Å². The maximum atomic E-state index is 12.2. The Morgan fingerprint density at radius 2 is 1.95 bits per heavy atom. The predicted molar refractivity (Wildman–Crippen MR) is 75.2 cm³/mol. The summed E-state index contributed by atoms with van der Waals surface area (Å²) in [6.45, 7) is 4.19. The minimum atomic E-state index is -0.996. The molecule has 1 heterocycles. The fraction of sp³-hybridized carbons (Fsp3) is 0.467. The summed E-state index contributed by atoms with van der Waals surface area (Å²) >= 11 is 0. The zero-order chi connectivity index (χ0) is 14.7. The summed E-state index contributed by atoms with van der Waals surface area (Å²) in [5.41, 5.74) is 2.33. The summed E-state index contributed by atoms with van der Waals surface area (Å²) in [6.07, 6.45) is 0.590. The average molecular weight is 276 g/mol. The Bertz CT molecular complexity index is 514. The Hall–Kier alpha value is -1.88. The number of benzene rings is 1. The van der Waals surface area contributed by atoms with E-state index < -0.39 is 12.0 Å². The van der Waals surface area contributed by atoms with Crippen molar-refractivity contribution in [1.29, 1.82) is 0 Å². The number of fused-ring (bicyclic) bond motifs is 1. The molecule has 3 N–H and O–H groups in total. The molecule has 1 aliphatic rings. The summed E-state index contributed by atoms with van der Waals surface area (Å²) in [7, 11) is 0. The highest BCUT2D eigenvalue weighted by Gasteiger charge is 2.29.